The summed E-state index contributed by atoms with van der Waals surface area (Å²) in [4.78, 5) is 16.2. The highest BCUT2D eigenvalue weighted by Gasteiger charge is 2.06. The second-order valence-corrected chi connectivity index (χ2v) is 4.78. The maximum Gasteiger partial charge on any atom is 0.271 e. The number of hydrogen-bond donors (Lipinski definition) is 1. The van der Waals surface area contributed by atoms with Gasteiger partial charge in [0.25, 0.3) is 5.56 Å². The summed E-state index contributed by atoms with van der Waals surface area (Å²) in [6.45, 7) is 3.78. The maximum absolute atomic E-state index is 11.8. The topological polar surface area (TPSA) is 64.2 Å². The lowest BCUT2D eigenvalue weighted by Gasteiger charge is -2.10. The second-order valence-electron chi connectivity index (χ2n) is 4.78. The van der Waals surface area contributed by atoms with Gasteiger partial charge in [-0.05, 0) is 19.9 Å². The first-order valence-corrected chi connectivity index (χ1v) is 6.30. The van der Waals surface area contributed by atoms with Crippen LogP contribution in [-0.4, -0.2) is 19.2 Å². The van der Waals surface area contributed by atoms with Gasteiger partial charge in [-0.15, -0.1) is 0 Å². The van der Waals surface area contributed by atoms with Gasteiger partial charge in [0.05, 0.1) is 11.9 Å². The number of rotatable bonds is 2. The number of pyridine rings is 1. The van der Waals surface area contributed by atoms with E-state index in [1.165, 1.54) is 4.68 Å². The molecule has 0 radical (unpaired) electrons. The number of anilines is 2. The Morgan fingerprint density at radius 3 is 2.85 bits per heavy atom. The van der Waals surface area contributed by atoms with Crippen molar-refractivity contribution in [1.82, 2.24) is 19.2 Å². The molecule has 6 heteroatoms. The van der Waals surface area contributed by atoms with Crippen LogP contribution in [0.5, 0.6) is 0 Å². The minimum absolute atomic E-state index is 0.104. The van der Waals surface area contributed by atoms with Crippen molar-refractivity contribution in [1.29, 1.82) is 0 Å². The van der Waals surface area contributed by atoms with Crippen LogP contribution in [0, 0.1) is 13.8 Å². The molecule has 0 aliphatic carbocycles. The largest absolute Gasteiger partial charge is 0.354 e. The highest BCUT2D eigenvalue weighted by Crippen LogP contribution is 2.19. The van der Waals surface area contributed by atoms with Crippen LogP contribution in [0.25, 0.3) is 5.65 Å². The van der Waals surface area contributed by atoms with Crippen molar-refractivity contribution in [3.8, 4) is 0 Å². The monoisotopic (exact) mass is 269 g/mol. The third-order valence-corrected chi connectivity index (χ3v) is 3.36. The Kier molecular flexibility index (Phi) is 2.78. The summed E-state index contributed by atoms with van der Waals surface area (Å²) in [7, 11) is 1.64. The number of aromatic nitrogens is 4. The van der Waals surface area contributed by atoms with Gasteiger partial charge in [0, 0.05) is 42.5 Å². The van der Waals surface area contributed by atoms with E-state index >= 15 is 0 Å². The molecule has 0 saturated heterocycles. The lowest BCUT2D eigenvalue weighted by molar-refractivity contribution is 0.702. The number of imidazole rings is 1. The predicted octanol–water partition coefficient (Wildman–Crippen LogP) is 1.79. The first-order chi connectivity index (χ1) is 9.56. The maximum atomic E-state index is 11.8. The molecule has 6 nitrogen and oxygen atoms in total. The highest BCUT2D eigenvalue weighted by atomic mass is 16.1. The Morgan fingerprint density at radius 1 is 1.25 bits per heavy atom. The van der Waals surface area contributed by atoms with E-state index in [1.807, 2.05) is 35.9 Å². The van der Waals surface area contributed by atoms with Crippen LogP contribution in [-0.2, 0) is 7.05 Å². The van der Waals surface area contributed by atoms with Gasteiger partial charge in [-0.2, -0.15) is 5.10 Å². The molecule has 3 aromatic rings. The van der Waals surface area contributed by atoms with Crippen LogP contribution in [0.4, 0.5) is 11.4 Å². The zero-order valence-corrected chi connectivity index (χ0v) is 11.6. The molecule has 0 unspecified atom stereocenters. The van der Waals surface area contributed by atoms with E-state index in [1.54, 1.807) is 20.2 Å². The van der Waals surface area contributed by atoms with Crippen molar-refractivity contribution < 1.29 is 0 Å². The molecular formula is C14H15N5O. The summed E-state index contributed by atoms with van der Waals surface area (Å²) in [6.07, 6.45) is 5.42. The fourth-order valence-electron chi connectivity index (χ4n) is 2.12. The van der Waals surface area contributed by atoms with Gasteiger partial charge in [-0.3, -0.25) is 4.79 Å². The number of fused-ring (bicyclic) bond motifs is 1. The van der Waals surface area contributed by atoms with Crippen LogP contribution >= 0.6 is 0 Å². The van der Waals surface area contributed by atoms with Gasteiger partial charge < -0.3 is 9.72 Å². The molecule has 0 spiro atoms. The van der Waals surface area contributed by atoms with E-state index in [-0.39, 0.29) is 5.56 Å². The van der Waals surface area contributed by atoms with Crippen LogP contribution in [0.1, 0.15) is 11.3 Å². The average molecular weight is 269 g/mol. The molecular weight excluding hydrogens is 254 g/mol. The molecule has 3 aromatic heterocycles. The number of nitrogens with zero attached hydrogens (tertiary/aromatic N) is 4. The molecule has 0 aliphatic heterocycles. The zero-order chi connectivity index (χ0) is 14.3. The normalized spacial score (nSPS) is 10.9. The smallest absolute Gasteiger partial charge is 0.271 e. The van der Waals surface area contributed by atoms with Crippen molar-refractivity contribution in [2.24, 2.45) is 7.05 Å². The van der Waals surface area contributed by atoms with E-state index in [4.69, 9.17) is 0 Å². The molecule has 0 amide bonds. The molecule has 0 saturated carbocycles. The lowest BCUT2D eigenvalue weighted by atomic mass is 10.2. The standard InChI is InChI=1S/C14H15N5O/c1-9-7-15-13-6-11(4-5-19(9)13)17-12-8-16-18(3)14(20)10(12)2/h4-8,17H,1-3H3. The molecule has 0 atom stereocenters. The minimum Gasteiger partial charge on any atom is -0.354 e. The molecule has 3 rings (SSSR count). The first-order valence-electron chi connectivity index (χ1n) is 6.30. The number of aryl methyl sites for hydroxylation is 2. The van der Waals surface area contributed by atoms with Gasteiger partial charge in [-0.1, -0.05) is 0 Å². The Bertz CT molecular complexity index is 846. The number of hydrogen-bond acceptors (Lipinski definition) is 4. The fraction of sp³-hybridized carbons (Fsp3) is 0.214. The summed E-state index contributed by atoms with van der Waals surface area (Å²) < 4.78 is 3.32. The zero-order valence-electron chi connectivity index (χ0n) is 11.6. The van der Waals surface area contributed by atoms with Gasteiger partial charge in [-0.25, -0.2) is 9.67 Å². The first kappa shape index (κ1) is 12.4. The summed E-state index contributed by atoms with van der Waals surface area (Å²) in [5.74, 6) is 0. The summed E-state index contributed by atoms with van der Waals surface area (Å²) >= 11 is 0. The van der Waals surface area contributed by atoms with Gasteiger partial charge >= 0.3 is 0 Å². The van der Waals surface area contributed by atoms with Crippen molar-refractivity contribution in [3.05, 3.63) is 52.3 Å². The van der Waals surface area contributed by atoms with Crippen molar-refractivity contribution >= 4 is 17.0 Å². The Balaban J connectivity index is 2.01. The second kappa shape index (κ2) is 4.48. The SMILES string of the molecule is Cc1c(Nc2ccn3c(C)cnc3c2)cnn(C)c1=O. The third kappa shape index (κ3) is 1.95. The van der Waals surface area contributed by atoms with E-state index in [0.29, 0.717) is 11.3 Å². The Morgan fingerprint density at radius 2 is 2.05 bits per heavy atom. The van der Waals surface area contributed by atoms with E-state index in [0.717, 1.165) is 17.0 Å². The van der Waals surface area contributed by atoms with Crippen LogP contribution in [0.2, 0.25) is 0 Å². The van der Waals surface area contributed by atoms with Crippen molar-refractivity contribution in [2.75, 3.05) is 5.32 Å². The molecule has 1 N–H and O–H groups in total. The van der Waals surface area contributed by atoms with Crippen molar-refractivity contribution in [3.63, 3.8) is 0 Å². The molecule has 0 bridgehead atoms. The minimum atomic E-state index is -0.104. The molecule has 0 fully saturated rings. The molecule has 3 heterocycles. The van der Waals surface area contributed by atoms with Gasteiger partial charge in [0.15, 0.2) is 0 Å². The van der Waals surface area contributed by atoms with Crippen LogP contribution in [0.15, 0.2) is 35.5 Å². The summed E-state index contributed by atoms with van der Waals surface area (Å²) in [5, 5.41) is 7.24. The average Bonchev–Trinajstić information content (AvgIpc) is 2.81. The fourth-order valence-corrected chi connectivity index (χ4v) is 2.12. The quantitative estimate of drug-likeness (QED) is 0.770. The molecule has 102 valence electrons. The van der Waals surface area contributed by atoms with Crippen molar-refractivity contribution in [2.45, 2.75) is 13.8 Å². The number of nitrogens with one attached hydrogen (secondary N) is 1. The highest BCUT2D eigenvalue weighted by molar-refractivity contribution is 5.65. The van der Waals surface area contributed by atoms with Crippen LogP contribution < -0.4 is 10.9 Å². The lowest BCUT2D eigenvalue weighted by Crippen LogP contribution is -2.22. The molecule has 0 aliphatic rings. The van der Waals surface area contributed by atoms with E-state index in [2.05, 4.69) is 15.4 Å². The van der Waals surface area contributed by atoms with Gasteiger partial charge in [0.2, 0.25) is 0 Å². The van der Waals surface area contributed by atoms with Crippen LogP contribution in [0.3, 0.4) is 0 Å². The summed E-state index contributed by atoms with van der Waals surface area (Å²) in [5.41, 5.74) is 4.07. The van der Waals surface area contributed by atoms with E-state index < -0.39 is 0 Å². The Labute approximate surface area is 115 Å². The van der Waals surface area contributed by atoms with Gasteiger partial charge in [0.1, 0.15) is 5.65 Å². The Hall–Kier alpha value is -2.63. The molecule has 0 aromatic carbocycles. The predicted molar refractivity (Wildman–Crippen MR) is 77.4 cm³/mol. The molecule has 20 heavy (non-hydrogen) atoms. The van der Waals surface area contributed by atoms with E-state index in [9.17, 15) is 4.79 Å². The summed E-state index contributed by atoms with van der Waals surface area (Å²) in [6, 6.07) is 3.88. The third-order valence-electron chi connectivity index (χ3n) is 3.36.